The molecule has 0 radical (unpaired) electrons. The summed E-state index contributed by atoms with van der Waals surface area (Å²) in [5.41, 5.74) is 11.5. The summed E-state index contributed by atoms with van der Waals surface area (Å²) in [6, 6.07) is 57.8. The van der Waals surface area contributed by atoms with Crippen molar-refractivity contribution in [3.8, 4) is 51.8 Å². The van der Waals surface area contributed by atoms with E-state index >= 15 is 0 Å². The fourth-order valence-corrected chi connectivity index (χ4v) is 7.40. The van der Waals surface area contributed by atoms with Gasteiger partial charge in [-0.05, 0) is 95.6 Å². The summed E-state index contributed by atoms with van der Waals surface area (Å²) >= 11 is 0. The maximum Gasteiger partial charge on any atom is 0.0991 e. The molecule has 7 aromatic carbocycles. The van der Waals surface area contributed by atoms with Crippen LogP contribution in [-0.2, 0) is 0 Å². The van der Waals surface area contributed by atoms with Gasteiger partial charge in [-0.2, -0.15) is 15.8 Å². The van der Waals surface area contributed by atoms with E-state index in [0.717, 1.165) is 66.5 Å². The molecular formula is C45H25N5. The minimum atomic E-state index is 0.535. The Labute approximate surface area is 287 Å². The fourth-order valence-electron chi connectivity index (χ4n) is 7.40. The summed E-state index contributed by atoms with van der Waals surface area (Å²) in [6.45, 7) is 0. The zero-order valence-corrected chi connectivity index (χ0v) is 26.7. The van der Waals surface area contributed by atoms with Gasteiger partial charge in [-0.15, -0.1) is 0 Å². The molecule has 9 aromatic rings. The largest absolute Gasteiger partial charge is 0.309 e. The standard InChI is InChI=1S/C45H25N5/c46-26-29-13-20-34(38(23-29)32-16-18-33(19-17-32)49-41-10-4-1-7-35(41)36-8-2-5-11-42(36)49)39-24-30(27-47)14-21-44(39)50-43-12-6-3-9-37(43)40-25-31(28-48)15-22-45(40)50/h1-25H. The molecule has 0 unspecified atom stereocenters. The third-order valence-corrected chi connectivity index (χ3v) is 9.62. The molecule has 0 fully saturated rings. The van der Waals surface area contributed by atoms with E-state index in [0.29, 0.717) is 16.7 Å². The Morgan fingerprint density at radius 3 is 1.46 bits per heavy atom. The normalized spacial score (nSPS) is 11.1. The van der Waals surface area contributed by atoms with Gasteiger partial charge in [0.05, 0.1) is 62.7 Å². The van der Waals surface area contributed by atoms with E-state index in [1.807, 2.05) is 66.7 Å². The van der Waals surface area contributed by atoms with Gasteiger partial charge in [0.25, 0.3) is 0 Å². The topological polar surface area (TPSA) is 81.2 Å². The molecule has 0 atom stereocenters. The monoisotopic (exact) mass is 635 g/mol. The SMILES string of the molecule is N#Cc1ccc(-c2cc(C#N)ccc2-n2c3ccccc3c3cc(C#N)ccc32)c(-c2ccc(-n3c4ccccc4c4ccccc43)cc2)c1. The Morgan fingerprint density at radius 2 is 0.840 bits per heavy atom. The number of nitriles is 3. The molecule has 0 bridgehead atoms. The maximum absolute atomic E-state index is 10.0. The lowest BCUT2D eigenvalue weighted by Gasteiger charge is -2.18. The first-order valence-electron chi connectivity index (χ1n) is 16.3. The summed E-state index contributed by atoms with van der Waals surface area (Å²) in [4.78, 5) is 0. The molecular weight excluding hydrogens is 611 g/mol. The van der Waals surface area contributed by atoms with Gasteiger partial charge in [-0.1, -0.05) is 72.8 Å². The number of benzene rings is 7. The molecule has 0 aliphatic carbocycles. The van der Waals surface area contributed by atoms with Crippen molar-refractivity contribution in [3.63, 3.8) is 0 Å². The Morgan fingerprint density at radius 1 is 0.360 bits per heavy atom. The average molecular weight is 636 g/mol. The van der Waals surface area contributed by atoms with Crippen molar-refractivity contribution in [2.45, 2.75) is 0 Å². The number of aromatic nitrogens is 2. The van der Waals surface area contributed by atoms with Gasteiger partial charge in [-0.25, -0.2) is 0 Å². The molecule has 230 valence electrons. The van der Waals surface area contributed by atoms with Gasteiger partial charge in [-0.3, -0.25) is 0 Å². The highest BCUT2D eigenvalue weighted by Crippen LogP contribution is 2.41. The molecule has 9 rings (SSSR count). The molecule has 0 aliphatic heterocycles. The van der Waals surface area contributed by atoms with Crippen LogP contribution in [0.1, 0.15) is 16.7 Å². The van der Waals surface area contributed by atoms with Crippen LogP contribution in [0.3, 0.4) is 0 Å². The highest BCUT2D eigenvalue weighted by Gasteiger charge is 2.20. The van der Waals surface area contributed by atoms with Gasteiger partial charge in [0.1, 0.15) is 0 Å². The van der Waals surface area contributed by atoms with Crippen LogP contribution < -0.4 is 0 Å². The van der Waals surface area contributed by atoms with Crippen molar-refractivity contribution in [2.24, 2.45) is 0 Å². The predicted molar refractivity (Wildman–Crippen MR) is 200 cm³/mol. The van der Waals surface area contributed by atoms with Crippen LogP contribution in [0, 0.1) is 34.0 Å². The number of para-hydroxylation sites is 3. The summed E-state index contributed by atoms with van der Waals surface area (Å²) in [5.74, 6) is 0. The van der Waals surface area contributed by atoms with Crippen molar-refractivity contribution >= 4 is 43.6 Å². The summed E-state index contributed by atoms with van der Waals surface area (Å²) in [6.07, 6.45) is 0. The summed E-state index contributed by atoms with van der Waals surface area (Å²) in [5, 5.41) is 34.1. The zero-order valence-electron chi connectivity index (χ0n) is 26.7. The second-order valence-corrected chi connectivity index (χ2v) is 12.3. The van der Waals surface area contributed by atoms with Crippen molar-refractivity contribution in [1.82, 2.24) is 9.13 Å². The van der Waals surface area contributed by atoms with Crippen molar-refractivity contribution in [1.29, 1.82) is 15.8 Å². The lowest BCUT2D eigenvalue weighted by Crippen LogP contribution is -1.99. The molecule has 0 N–H and O–H groups in total. The zero-order chi connectivity index (χ0) is 33.8. The second-order valence-electron chi connectivity index (χ2n) is 12.3. The second kappa shape index (κ2) is 11.4. The van der Waals surface area contributed by atoms with E-state index < -0.39 is 0 Å². The molecule has 5 nitrogen and oxygen atoms in total. The molecule has 0 aliphatic rings. The van der Waals surface area contributed by atoms with Crippen LogP contribution in [0.15, 0.2) is 152 Å². The highest BCUT2D eigenvalue weighted by molar-refractivity contribution is 6.11. The Balaban J connectivity index is 1.26. The molecule has 2 aromatic heterocycles. The smallest absolute Gasteiger partial charge is 0.0991 e. The quantitative estimate of drug-likeness (QED) is 0.193. The van der Waals surface area contributed by atoms with Crippen LogP contribution in [0.5, 0.6) is 0 Å². The first-order valence-corrected chi connectivity index (χ1v) is 16.3. The molecule has 50 heavy (non-hydrogen) atoms. The third-order valence-electron chi connectivity index (χ3n) is 9.62. The maximum atomic E-state index is 10.0. The van der Waals surface area contributed by atoms with Gasteiger partial charge in [0, 0.05) is 32.8 Å². The first-order chi connectivity index (χ1) is 24.7. The molecule has 2 heterocycles. The van der Waals surface area contributed by atoms with Crippen LogP contribution in [0.4, 0.5) is 0 Å². The first kappa shape index (κ1) is 28.8. The van der Waals surface area contributed by atoms with Crippen LogP contribution in [-0.4, -0.2) is 9.13 Å². The summed E-state index contributed by atoms with van der Waals surface area (Å²) < 4.78 is 4.49. The number of rotatable bonds is 4. The molecule has 5 heteroatoms. The van der Waals surface area contributed by atoms with E-state index in [4.69, 9.17) is 0 Å². The number of hydrogen-bond acceptors (Lipinski definition) is 3. The lowest BCUT2D eigenvalue weighted by molar-refractivity contribution is 1.18. The van der Waals surface area contributed by atoms with Gasteiger partial charge < -0.3 is 9.13 Å². The van der Waals surface area contributed by atoms with Crippen molar-refractivity contribution in [2.75, 3.05) is 0 Å². The third kappa shape index (κ3) is 4.38. The van der Waals surface area contributed by atoms with Gasteiger partial charge >= 0.3 is 0 Å². The van der Waals surface area contributed by atoms with Crippen molar-refractivity contribution < 1.29 is 0 Å². The van der Waals surface area contributed by atoms with Gasteiger partial charge in [0.15, 0.2) is 0 Å². The van der Waals surface area contributed by atoms with E-state index in [-0.39, 0.29) is 0 Å². The fraction of sp³-hybridized carbons (Fsp3) is 0. The number of nitrogens with zero attached hydrogens (tertiary/aromatic N) is 5. The van der Waals surface area contributed by atoms with Crippen LogP contribution in [0.2, 0.25) is 0 Å². The number of fused-ring (bicyclic) bond motifs is 6. The Bertz CT molecular complexity index is 2900. The minimum absolute atomic E-state index is 0.535. The van der Waals surface area contributed by atoms with Gasteiger partial charge in [0.2, 0.25) is 0 Å². The van der Waals surface area contributed by atoms with Crippen LogP contribution >= 0.6 is 0 Å². The Kier molecular flexibility index (Phi) is 6.56. The lowest BCUT2D eigenvalue weighted by atomic mass is 9.91. The Hall–Kier alpha value is -7.39. The predicted octanol–water partition coefficient (Wildman–Crippen LogP) is 10.8. The van der Waals surface area contributed by atoms with E-state index in [1.165, 1.54) is 10.8 Å². The molecule has 0 amide bonds. The van der Waals surface area contributed by atoms with E-state index in [2.05, 4.69) is 112 Å². The molecule has 0 saturated heterocycles. The molecule has 0 spiro atoms. The van der Waals surface area contributed by atoms with Crippen molar-refractivity contribution in [3.05, 3.63) is 168 Å². The van der Waals surface area contributed by atoms with E-state index in [9.17, 15) is 15.8 Å². The van der Waals surface area contributed by atoms with E-state index in [1.54, 1.807) is 0 Å². The minimum Gasteiger partial charge on any atom is -0.309 e. The van der Waals surface area contributed by atoms with Crippen LogP contribution in [0.25, 0.3) is 77.2 Å². The average Bonchev–Trinajstić information content (AvgIpc) is 3.70. The highest BCUT2D eigenvalue weighted by atomic mass is 15.0. The molecule has 0 saturated carbocycles. The number of hydrogen-bond donors (Lipinski definition) is 0. The summed E-state index contributed by atoms with van der Waals surface area (Å²) in [7, 11) is 0.